The lowest BCUT2D eigenvalue weighted by Gasteiger charge is -2.40. The van der Waals surface area contributed by atoms with E-state index < -0.39 is 183 Å². The van der Waals surface area contributed by atoms with E-state index in [0.29, 0.717) is 12.2 Å². The summed E-state index contributed by atoms with van der Waals surface area (Å²) in [5.74, 6) is -10.8. The number of rotatable bonds is 15. The van der Waals surface area contributed by atoms with Crippen LogP contribution in [0.25, 0.3) is 22.3 Å². The van der Waals surface area contributed by atoms with Gasteiger partial charge in [-0.2, -0.15) is 0 Å². The summed E-state index contributed by atoms with van der Waals surface area (Å²) in [6.45, 7) is 4.31. The molecule has 4 fully saturated rings. The number of carbonyl (C=O) groups excluding carboxylic acids is 7. The van der Waals surface area contributed by atoms with Gasteiger partial charge in [-0.05, 0) is 84.5 Å². The fourth-order valence-electron chi connectivity index (χ4n) is 11.3. The summed E-state index contributed by atoms with van der Waals surface area (Å²) >= 11 is 0. The van der Waals surface area contributed by atoms with Crippen LogP contribution in [0, 0.1) is 5.92 Å². The second kappa shape index (κ2) is 32.6. The lowest BCUT2D eigenvalue weighted by atomic mass is 9.96. The Balaban J connectivity index is 0.000000935. The van der Waals surface area contributed by atoms with Crippen molar-refractivity contribution in [3.8, 4) is 33.8 Å². The number of amides is 7. The highest BCUT2D eigenvalue weighted by Gasteiger charge is 2.51. The number of benzene rings is 4. The maximum Gasteiger partial charge on any atom is 0.251 e. The molecule has 30 heteroatoms. The second-order valence-corrected chi connectivity index (χ2v) is 24.1. The summed E-state index contributed by atoms with van der Waals surface area (Å²) in [5, 5.41) is 156. The van der Waals surface area contributed by atoms with Crippen LogP contribution in [0.5, 0.6) is 11.5 Å². The van der Waals surface area contributed by atoms with E-state index in [2.05, 4.69) is 38.2 Å². The van der Waals surface area contributed by atoms with Crippen molar-refractivity contribution in [3.63, 3.8) is 0 Å². The van der Waals surface area contributed by atoms with Crippen LogP contribution in [0.3, 0.4) is 0 Å². The van der Waals surface area contributed by atoms with E-state index in [9.17, 15) is 84.6 Å². The molecule has 30 nitrogen and oxygen atoms in total. The van der Waals surface area contributed by atoms with E-state index in [-0.39, 0.29) is 30.0 Å². The number of hydrogen-bond donors (Lipinski definition) is 19. The Bertz CT molecular complexity index is 3220. The number of aliphatic hydroxyl groups is 13. The van der Waals surface area contributed by atoms with Gasteiger partial charge in [-0.15, -0.1) is 0 Å². The molecule has 7 amide bonds. The second-order valence-electron chi connectivity index (χ2n) is 24.1. The van der Waals surface area contributed by atoms with E-state index in [1.807, 2.05) is 48.5 Å². The summed E-state index contributed by atoms with van der Waals surface area (Å²) in [5.41, 5.74) is 3.37. The van der Waals surface area contributed by atoms with E-state index in [0.717, 1.165) is 77.5 Å². The SMILES string of the molecule is CCCCCOc1ccc(-c2ccc(-c3ccc(C(=O)N[C@H]4C[C@@H](O)[C@@H](O)NC(=O)[C@@H]5[C@@H](O)[C@@H](C)CN5C(=O)[C@H]([C@@H](C)O)NC(=O)[C@H]([C@H](O)[C@@H](O)c5ccc(O)cc5)NC(=O)[C@@H]5C[C@@H](O)CN5C(=O)[C@H]([C@@H](C)O)NC4=O)cc3)cc2)cc1.OCC1(O)OC[C@@H](O)[C@@H](O)[C@@H]1O. The minimum absolute atomic E-state index is 0.00973. The van der Waals surface area contributed by atoms with Crippen molar-refractivity contribution in [2.45, 2.75) is 169 Å². The zero-order valence-corrected chi connectivity index (χ0v) is 52.0. The van der Waals surface area contributed by atoms with Crippen LogP contribution in [0.1, 0.15) is 81.8 Å². The number of ether oxygens (including phenoxy) is 2. The first-order valence-corrected chi connectivity index (χ1v) is 30.8. The lowest BCUT2D eigenvalue weighted by molar-refractivity contribution is -0.331. The largest absolute Gasteiger partial charge is 0.508 e. The molecule has 4 aliphatic rings. The van der Waals surface area contributed by atoms with Crippen LogP contribution in [0.4, 0.5) is 0 Å². The summed E-state index contributed by atoms with van der Waals surface area (Å²) in [6.07, 6.45) is -18.1. The maximum atomic E-state index is 14.5. The summed E-state index contributed by atoms with van der Waals surface area (Å²) in [6, 6.07) is 14.7. The molecule has 4 aliphatic heterocycles. The third-order valence-corrected chi connectivity index (χ3v) is 16.9. The quantitative estimate of drug-likeness (QED) is 0.0503. The first-order chi connectivity index (χ1) is 44.5. The van der Waals surface area contributed by atoms with Crippen LogP contribution in [-0.4, -0.2) is 259 Å². The van der Waals surface area contributed by atoms with Gasteiger partial charge >= 0.3 is 0 Å². The van der Waals surface area contributed by atoms with Crippen molar-refractivity contribution in [1.29, 1.82) is 0 Å². The molecule has 19 atom stereocenters. The van der Waals surface area contributed by atoms with E-state index in [1.54, 1.807) is 12.1 Å². The van der Waals surface area contributed by atoms with E-state index >= 15 is 0 Å². The molecule has 0 spiro atoms. The smallest absolute Gasteiger partial charge is 0.251 e. The predicted octanol–water partition coefficient (Wildman–Crippen LogP) is -4.15. The number of hydrogen-bond acceptors (Lipinski definition) is 23. The van der Waals surface area contributed by atoms with Gasteiger partial charge in [0.2, 0.25) is 41.2 Å². The minimum atomic E-state index is -2.29. The van der Waals surface area contributed by atoms with E-state index in [1.165, 1.54) is 31.2 Å². The molecule has 4 aromatic carbocycles. The molecule has 514 valence electrons. The Hall–Kier alpha value is -7.79. The highest BCUT2D eigenvalue weighted by atomic mass is 16.7. The number of unbranched alkanes of at least 4 members (excludes halogenated alkanes) is 2. The molecule has 94 heavy (non-hydrogen) atoms. The van der Waals surface area contributed by atoms with Gasteiger partial charge in [-0.25, -0.2) is 0 Å². The molecule has 4 heterocycles. The molecule has 0 saturated carbocycles. The first kappa shape index (κ1) is 73.6. The number of phenols is 1. The molecule has 1 unspecified atom stereocenters. The first-order valence-electron chi connectivity index (χ1n) is 30.8. The van der Waals surface area contributed by atoms with Crippen LogP contribution < -0.4 is 31.3 Å². The number of carbonyl (C=O) groups is 7. The molecule has 4 saturated heterocycles. The Morgan fingerprint density at radius 2 is 1.18 bits per heavy atom. The highest BCUT2D eigenvalue weighted by Crippen LogP contribution is 2.31. The van der Waals surface area contributed by atoms with Gasteiger partial charge in [-0.1, -0.05) is 87.4 Å². The van der Waals surface area contributed by atoms with Crippen LogP contribution >= 0.6 is 0 Å². The Morgan fingerprint density at radius 3 is 1.73 bits per heavy atom. The van der Waals surface area contributed by atoms with Crippen molar-refractivity contribution in [3.05, 3.63) is 108 Å². The van der Waals surface area contributed by atoms with Gasteiger partial charge in [0.1, 0.15) is 84.4 Å². The van der Waals surface area contributed by atoms with Crippen LogP contribution in [0.2, 0.25) is 0 Å². The minimum Gasteiger partial charge on any atom is -0.508 e. The third kappa shape index (κ3) is 17.8. The predicted molar refractivity (Wildman–Crippen MR) is 329 cm³/mol. The Labute approximate surface area is 540 Å². The molecular formula is C64H85N7O23. The lowest BCUT2D eigenvalue weighted by Crippen LogP contribution is -2.64. The van der Waals surface area contributed by atoms with Crippen LogP contribution in [-0.2, 0) is 33.5 Å². The monoisotopic (exact) mass is 1320 g/mol. The highest BCUT2D eigenvalue weighted by molar-refractivity contribution is 6.00. The van der Waals surface area contributed by atoms with Crippen molar-refractivity contribution in [2.24, 2.45) is 5.92 Å². The van der Waals surface area contributed by atoms with Gasteiger partial charge in [-0.3, -0.25) is 33.6 Å². The summed E-state index contributed by atoms with van der Waals surface area (Å²) in [4.78, 5) is 102. The van der Waals surface area contributed by atoms with Crippen LogP contribution in [0.15, 0.2) is 97.1 Å². The Morgan fingerprint density at radius 1 is 0.649 bits per heavy atom. The van der Waals surface area contributed by atoms with E-state index in [4.69, 9.17) is 25.2 Å². The molecule has 0 aromatic heterocycles. The molecule has 19 N–H and O–H groups in total. The zero-order valence-electron chi connectivity index (χ0n) is 52.0. The number of nitrogens with one attached hydrogen (secondary N) is 5. The van der Waals surface area contributed by atoms with Gasteiger partial charge in [0.05, 0.1) is 44.2 Å². The van der Waals surface area contributed by atoms with Gasteiger partial charge < -0.3 is 117 Å². The Kier molecular flexibility index (Phi) is 25.5. The van der Waals surface area contributed by atoms with Crippen molar-refractivity contribution < 1.29 is 115 Å². The third-order valence-electron chi connectivity index (χ3n) is 16.9. The number of phenolic OH excluding ortho intramolecular Hbond substituents is 1. The topological polar surface area (TPSA) is 488 Å². The standard InChI is InChI=1S/C58H73N7O17.C6H12O6/c1-5-6-7-24-82-40-22-18-35(19-23-40)33-10-8-32(9-11-33)34-12-14-37(15-13-34)51(74)59-41-26-43(70)54(77)63-56(79)47-48(71)29(2)27-65(47)58(81)45(31(4)67)61-55(78)46(50(73)49(72)36-16-20-38(68)21-17-36)62-53(76)42-25-39(69)28-64(42)57(80)44(30(3)66)60-52(41)75;7-2-6(11)5(10)4(9)3(8)1-12-6/h8-23,29-31,39,41-50,54,66-73,77H,5-7,24-28H2,1-4H3,(H,59,74)(H,60,75)(H,61,78)(H,62,76)(H,63,79);3-5,7-11H,1-2H2/t29-,30+,31+,39+,41-,42-,43+,44-,45-,46-,47-,48-,49-,50-,54+;3-,4-,5+,6?/m01/s1. The van der Waals surface area contributed by atoms with Crippen molar-refractivity contribution >= 4 is 41.4 Å². The number of aliphatic hydroxyl groups excluding tert-OH is 12. The molecule has 0 radical (unpaired) electrons. The van der Waals surface area contributed by atoms with Crippen molar-refractivity contribution in [1.82, 2.24) is 36.4 Å². The van der Waals surface area contributed by atoms with Gasteiger partial charge in [0, 0.05) is 37.4 Å². The van der Waals surface area contributed by atoms with Crippen molar-refractivity contribution in [2.75, 3.05) is 32.9 Å². The summed E-state index contributed by atoms with van der Waals surface area (Å²) < 4.78 is 10.4. The number of nitrogens with zero attached hydrogens (tertiary/aromatic N) is 2. The molecule has 0 bridgehead atoms. The number of aromatic hydroxyl groups is 1. The average molecular weight is 1320 g/mol. The summed E-state index contributed by atoms with van der Waals surface area (Å²) in [7, 11) is 0. The zero-order chi connectivity index (χ0) is 69.0. The maximum absolute atomic E-state index is 14.5. The molecule has 4 aromatic rings. The molecular weight excluding hydrogens is 1230 g/mol. The molecule has 8 rings (SSSR count). The van der Waals surface area contributed by atoms with Gasteiger partial charge in [0.25, 0.3) is 5.91 Å². The fraction of sp³-hybridized carbons (Fsp3) is 0.516. The van der Waals surface area contributed by atoms with Gasteiger partial charge in [0.15, 0.2) is 6.23 Å². The normalized spacial score (nSPS) is 30.3. The fourth-order valence-corrected chi connectivity index (χ4v) is 11.3. The average Bonchev–Trinajstić information content (AvgIpc) is 1.57. The number of fused-ring (bicyclic) bond motifs is 2. The molecule has 0 aliphatic carbocycles.